The number of carboxylic acids is 1. The van der Waals surface area contributed by atoms with E-state index in [1.807, 2.05) is 0 Å². The number of carboxylic acid groups (broad SMARTS) is 1. The van der Waals surface area contributed by atoms with Crippen molar-refractivity contribution in [3.8, 4) is 5.75 Å². The molecule has 1 aromatic carbocycles. The molecule has 31 heavy (non-hydrogen) atoms. The Bertz CT molecular complexity index is 915. The molecule has 0 saturated carbocycles. The lowest BCUT2D eigenvalue weighted by atomic mass is 10.1. The maximum atomic E-state index is 15.2. The van der Waals surface area contributed by atoms with Gasteiger partial charge in [0, 0.05) is 16.3 Å². The molecule has 2 rings (SSSR count). The molecule has 0 spiro atoms. The van der Waals surface area contributed by atoms with Gasteiger partial charge in [0.1, 0.15) is 5.75 Å². The minimum Gasteiger partial charge on any atom is -0.492 e. The third-order valence-electron chi connectivity index (χ3n) is 3.80. The number of benzene rings is 1. The lowest BCUT2D eigenvalue weighted by molar-refractivity contribution is -0.136. The lowest BCUT2D eigenvalue weighted by Crippen LogP contribution is -2.13. The Morgan fingerprint density at radius 1 is 1.16 bits per heavy atom. The molecule has 5 nitrogen and oxygen atoms in total. The van der Waals surface area contributed by atoms with Crippen molar-refractivity contribution >= 4 is 51.7 Å². The third kappa shape index (κ3) is 6.47. The van der Waals surface area contributed by atoms with E-state index in [0.717, 1.165) is 6.07 Å². The van der Waals surface area contributed by atoms with E-state index in [9.17, 15) is 23.1 Å². The molecule has 0 fully saturated rings. The molecule has 13 heteroatoms. The van der Waals surface area contributed by atoms with E-state index in [-0.39, 0.29) is 52.1 Å². The summed E-state index contributed by atoms with van der Waals surface area (Å²) in [7, 11) is -2.62. The standard InChI is InChI=1S/C18H19BrF5O5PS/c1-3-28-30(29-4-2)18(23,24)15-13(19)11-8-10(16(25)26)9-12(14(11)31-15)27-7-5-6-17(20,21)22/h8-9H,3-7H2,1-2H3,(H,25,26). The number of alkyl halides is 5. The van der Waals surface area contributed by atoms with Crippen LogP contribution < -0.4 is 4.74 Å². The monoisotopic (exact) mass is 552 g/mol. The van der Waals surface area contributed by atoms with E-state index < -0.39 is 37.5 Å². The topological polar surface area (TPSA) is 65.0 Å². The number of carbonyl (C=O) groups is 1. The maximum Gasteiger partial charge on any atom is 0.389 e. The molecule has 0 aliphatic heterocycles. The first-order valence-corrected chi connectivity index (χ1v) is 11.8. The van der Waals surface area contributed by atoms with E-state index in [4.69, 9.17) is 13.8 Å². The van der Waals surface area contributed by atoms with E-state index >= 15 is 8.78 Å². The predicted molar refractivity (Wildman–Crippen MR) is 111 cm³/mol. The molecule has 1 aromatic heterocycles. The number of aromatic carboxylic acids is 1. The van der Waals surface area contributed by atoms with Crippen molar-refractivity contribution in [1.82, 2.24) is 0 Å². The number of hydrogen-bond acceptors (Lipinski definition) is 5. The number of fused-ring (bicyclic) bond motifs is 1. The van der Waals surface area contributed by atoms with Crippen molar-refractivity contribution in [3.63, 3.8) is 0 Å². The number of ether oxygens (including phenoxy) is 1. The number of hydrogen-bond donors (Lipinski definition) is 1. The van der Waals surface area contributed by atoms with Gasteiger partial charge in [0.25, 0.3) is 8.38 Å². The van der Waals surface area contributed by atoms with Crippen molar-refractivity contribution in [2.75, 3.05) is 19.8 Å². The molecule has 0 saturated heterocycles. The third-order valence-corrected chi connectivity index (χ3v) is 7.99. The minimum absolute atomic E-state index is 0.000532. The van der Waals surface area contributed by atoms with Crippen molar-refractivity contribution in [2.45, 2.75) is 38.5 Å². The molecular formula is C18H19BrF5O5PS. The second-order valence-electron chi connectivity index (χ2n) is 6.10. The summed E-state index contributed by atoms with van der Waals surface area (Å²) in [5.74, 6) is -1.42. The SMILES string of the molecule is CCOP(OCC)C(F)(F)c1sc2c(OCCCC(F)(F)F)cc(C(=O)O)cc2c1Br. The highest BCUT2D eigenvalue weighted by Crippen LogP contribution is 2.63. The van der Waals surface area contributed by atoms with Crippen LogP contribution in [0.3, 0.4) is 0 Å². The normalized spacial score (nSPS) is 12.7. The summed E-state index contributed by atoms with van der Waals surface area (Å²) in [6.45, 7) is 2.75. The van der Waals surface area contributed by atoms with Crippen molar-refractivity contribution in [3.05, 3.63) is 27.0 Å². The summed E-state index contributed by atoms with van der Waals surface area (Å²) in [6.07, 6.45) is -5.81. The van der Waals surface area contributed by atoms with Gasteiger partial charge in [-0.25, -0.2) is 4.79 Å². The Labute approximate surface area is 188 Å². The van der Waals surface area contributed by atoms with E-state index in [2.05, 4.69) is 15.9 Å². The van der Waals surface area contributed by atoms with Crippen LogP contribution in [-0.4, -0.2) is 37.1 Å². The number of halogens is 6. The Kier molecular flexibility index (Phi) is 9.04. The largest absolute Gasteiger partial charge is 0.492 e. The maximum absolute atomic E-state index is 15.2. The van der Waals surface area contributed by atoms with Crippen LogP contribution in [0, 0.1) is 0 Å². The second kappa shape index (κ2) is 10.7. The molecular weight excluding hydrogens is 534 g/mol. The minimum atomic E-state index is -4.36. The Morgan fingerprint density at radius 3 is 2.29 bits per heavy atom. The van der Waals surface area contributed by atoms with Gasteiger partial charge >= 0.3 is 17.8 Å². The van der Waals surface area contributed by atoms with E-state index in [1.165, 1.54) is 6.07 Å². The van der Waals surface area contributed by atoms with Crippen molar-refractivity contribution < 1.29 is 45.6 Å². The predicted octanol–water partition coefficient (Wildman–Crippen LogP) is 7.52. The number of thiophene rings is 1. The first-order valence-electron chi connectivity index (χ1n) is 9.05. The van der Waals surface area contributed by atoms with Crippen LogP contribution in [0.15, 0.2) is 16.6 Å². The smallest absolute Gasteiger partial charge is 0.389 e. The molecule has 0 atom stereocenters. The molecule has 1 heterocycles. The van der Waals surface area contributed by atoms with Crippen molar-refractivity contribution in [1.29, 1.82) is 0 Å². The van der Waals surface area contributed by atoms with Gasteiger partial charge in [-0.05, 0) is 48.3 Å². The highest BCUT2D eigenvalue weighted by molar-refractivity contribution is 9.10. The zero-order chi connectivity index (χ0) is 23.4. The molecule has 0 radical (unpaired) electrons. The molecule has 2 aromatic rings. The van der Waals surface area contributed by atoms with Gasteiger partial charge in [0.2, 0.25) is 0 Å². The summed E-state index contributed by atoms with van der Waals surface area (Å²) in [5, 5.41) is 9.48. The summed E-state index contributed by atoms with van der Waals surface area (Å²) < 4.78 is 83.2. The molecule has 1 N–H and O–H groups in total. The Balaban J connectivity index is 2.49. The average Bonchev–Trinajstić information content (AvgIpc) is 3.01. The van der Waals surface area contributed by atoms with Crippen LogP contribution in [0.2, 0.25) is 0 Å². The second-order valence-corrected chi connectivity index (χ2v) is 9.51. The molecule has 0 unspecified atom stereocenters. The van der Waals surface area contributed by atoms with Crippen LogP contribution >= 0.6 is 35.6 Å². The first-order chi connectivity index (χ1) is 14.4. The average molecular weight is 553 g/mol. The zero-order valence-corrected chi connectivity index (χ0v) is 19.7. The van der Waals surface area contributed by atoms with Crippen LogP contribution in [0.1, 0.15) is 41.9 Å². The fourth-order valence-corrected chi connectivity index (χ4v) is 6.15. The Morgan fingerprint density at radius 2 is 1.77 bits per heavy atom. The fourth-order valence-electron chi connectivity index (χ4n) is 2.54. The molecule has 0 amide bonds. The van der Waals surface area contributed by atoms with Gasteiger partial charge in [-0.1, -0.05) is 0 Å². The first kappa shape index (κ1) is 26.2. The van der Waals surface area contributed by atoms with Gasteiger partial charge in [-0.3, -0.25) is 0 Å². The van der Waals surface area contributed by atoms with Crippen LogP contribution in [-0.2, 0) is 14.7 Å². The molecule has 0 bridgehead atoms. The van der Waals surface area contributed by atoms with Crippen molar-refractivity contribution in [2.24, 2.45) is 0 Å². The van der Waals surface area contributed by atoms with E-state index in [1.54, 1.807) is 13.8 Å². The van der Waals surface area contributed by atoms with Crippen LogP contribution in [0.4, 0.5) is 22.0 Å². The van der Waals surface area contributed by atoms with Crippen LogP contribution in [0.25, 0.3) is 10.1 Å². The quantitative estimate of drug-likeness (QED) is 0.177. The molecule has 174 valence electrons. The molecule has 0 aliphatic carbocycles. The highest BCUT2D eigenvalue weighted by Gasteiger charge is 2.48. The summed E-state index contributed by atoms with van der Waals surface area (Å²) in [6, 6.07) is 2.31. The fraction of sp³-hybridized carbons (Fsp3) is 0.500. The van der Waals surface area contributed by atoms with Gasteiger partial charge in [-0.2, -0.15) is 22.0 Å². The van der Waals surface area contributed by atoms with Gasteiger partial charge in [-0.15, -0.1) is 11.3 Å². The van der Waals surface area contributed by atoms with Crippen LogP contribution in [0.5, 0.6) is 5.75 Å². The zero-order valence-electron chi connectivity index (χ0n) is 16.4. The summed E-state index contributed by atoms with van der Waals surface area (Å²) in [4.78, 5) is 11.0. The lowest BCUT2D eigenvalue weighted by Gasteiger charge is -2.24. The van der Waals surface area contributed by atoms with E-state index in [0.29, 0.717) is 11.3 Å². The number of rotatable bonds is 11. The summed E-state index contributed by atoms with van der Waals surface area (Å²) in [5.41, 5.74) is -3.77. The molecule has 0 aliphatic rings. The highest BCUT2D eigenvalue weighted by atomic mass is 79.9. The summed E-state index contributed by atoms with van der Waals surface area (Å²) >= 11 is 3.76. The Hall–Kier alpha value is -1.07. The van der Waals surface area contributed by atoms with Gasteiger partial charge in [0.05, 0.1) is 35.0 Å². The van der Waals surface area contributed by atoms with Gasteiger partial charge in [0.15, 0.2) is 0 Å². The van der Waals surface area contributed by atoms with Gasteiger partial charge < -0.3 is 18.9 Å².